The van der Waals surface area contributed by atoms with Gasteiger partial charge in [-0.3, -0.25) is 9.35 Å². The molecule has 238 valence electrons. The number of carbonyl (C=O) groups is 3. The zero-order chi connectivity index (χ0) is 31.2. The summed E-state index contributed by atoms with van der Waals surface area (Å²) in [5, 5.41) is 51.7. The number of hydrogen-bond donors (Lipinski definition) is 5. The molecule has 16 heteroatoms. The summed E-state index contributed by atoms with van der Waals surface area (Å²) in [6, 6.07) is 0. The first kappa shape index (κ1) is 51.5. The molecular weight excluding hydrogens is 598 g/mol. The number of carbonyl (C=O) groups excluding carboxylic acids is 2. The summed E-state index contributed by atoms with van der Waals surface area (Å²) in [6.07, 6.45) is 16.0. The van der Waals surface area contributed by atoms with Crippen molar-refractivity contribution >= 4 is 28.0 Å². The summed E-state index contributed by atoms with van der Waals surface area (Å²) in [4.78, 5) is 30.1. The third kappa shape index (κ3) is 44.3. The number of aliphatic hydroxyl groups is 3. The fourth-order valence-electron chi connectivity index (χ4n) is 3.06. The topological polar surface area (TPSA) is 242 Å². The molecule has 0 saturated heterocycles. The van der Waals surface area contributed by atoms with Gasteiger partial charge in [-0.05, 0) is 32.1 Å². The summed E-state index contributed by atoms with van der Waals surface area (Å²) < 4.78 is 33.1. The number of unbranched alkanes of at least 4 members (excludes halogenated alkanes) is 8. The monoisotopic (exact) mass is 646 g/mol. The number of carboxylic acids is 3. The molecule has 13 nitrogen and oxygen atoms in total. The summed E-state index contributed by atoms with van der Waals surface area (Å²) in [5.41, 5.74) is 0. The van der Waals surface area contributed by atoms with Gasteiger partial charge in [0.15, 0.2) is 0 Å². The van der Waals surface area contributed by atoms with Crippen LogP contribution in [0.4, 0.5) is 0 Å². The number of carboxylic acid groups (broad SMARTS) is 3. The smallest absolute Gasteiger partial charge is 0.550 e. The Morgan fingerprint density at radius 2 is 1.38 bits per heavy atom. The minimum atomic E-state index is -4.94. The third-order valence-electron chi connectivity index (χ3n) is 5.17. The van der Waals surface area contributed by atoms with Crippen molar-refractivity contribution < 1.29 is 122 Å². The maximum Gasteiger partial charge on any atom is 1.00 e. The number of aliphatic carboxylic acids is 3. The Morgan fingerprint density at radius 3 is 1.81 bits per heavy atom. The molecule has 0 aliphatic heterocycles. The van der Waals surface area contributed by atoms with Crippen LogP contribution in [0.2, 0.25) is 0 Å². The van der Waals surface area contributed by atoms with Gasteiger partial charge in [0.25, 0.3) is 10.1 Å². The molecule has 0 heterocycles. The average Bonchev–Trinajstić information content (AvgIpc) is 2.86. The van der Waals surface area contributed by atoms with Gasteiger partial charge in [0.05, 0.1) is 38.5 Å². The van der Waals surface area contributed by atoms with Gasteiger partial charge in [-0.1, -0.05) is 64.0 Å². The fraction of sp³-hybridized carbons (Fsp3) is 0.808. The average molecular weight is 647 g/mol. The maximum absolute atomic E-state index is 10.3. The predicted octanol–water partition coefficient (Wildman–Crippen LogP) is -5.79. The van der Waals surface area contributed by atoms with E-state index in [1.54, 1.807) is 0 Å². The minimum Gasteiger partial charge on any atom is -0.550 e. The number of hydrogen-bond acceptors (Lipinski definition) is 11. The van der Waals surface area contributed by atoms with Gasteiger partial charge in [0, 0.05) is 18.8 Å². The van der Waals surface area contributed by atoms with Crippen molar-refractivity contribution in [2.24, 2.45) is 0 Å². The molecule has 0 fully saturated rings. The normalized spacial score (nSPS) is 11.9. The second-order valence-corrected chi connectivity index (χ2v) is 10.5. The van der Waals surface area contributed by atoms with Crippen LogP contribution in [0.15, 0.2) is 12.2 Å². The van der Waals surface area contributed by atoms with Crippen molar-refractivity contribution in [2.45, 2.75) is 108 Å². The van der Waals surface area contributed by atoms with Gasteiger partial charge in [-0.2, -0.15) is 8.42 Å². The Hall–Kier alpha value is -0.100. The molecule has 0 aromatic heterocycles. The van der Waals surface area contributed by atoms with Gasteiger partial charge >= 0.3 is 65.1 Å². The van der Waals surface area contributed by atoms with E-state index in [0.717, 1.165) is 51.4 Å². The molecule has 0 aliphatic rings. The molecule has 0 aliphatic carbocycles. The Labute approximate surface area is 294 Å². The molecule has 0 amide bonds. The van der Waals surface area contributed by atoms with Crippen LogP contribution in [-0.4, -0.2) is 89.1 Å². The molecule has 0 aromatic carbocycles. The quantitative estimate of drug-likeness (QED) is 0.0301. The van der Waals surface area contributed by atoms with Crippen molar-refractivity contribution in [3.8, 4) is 0 Å². The number of allylic oxidation sites excluding steroid dienone is 1. The van der Waals surface area contributed by atoms with Crippen molar-refractivity contribution in [1.29, 1.82) is 0 Å². The van der Waals surface area contributed by atoms with Crippen molar-refractivity contribution in [2.75, 3.05) is 26.4 Å². The largest absolute Gasteiger partial charge is 1.00 e. The van der Waals surface area contributed by atoms with E-state index in [-0.39, 0.29) is 78.4 Å². The van der Waals surface area contributed by atoms with Crippen molar-refractivity contribution in [1.82, 2.24) is 0 Å². The summed E-state index contributed by atoms with van der Waals surface area (Å²) in [5.74, 6) is -4.77. The van der Waals surface area contributed by atoms with Crippen LogP contribution in [0, 0.1) is 0 Å². The molecule has 0 bridgehead atoms. The number of rotatable bonds is 23. The Bertz CT molecular complexity index is 761. The van der Waals surface area contributed by atoms with E-state index >= 15 is 0 Å². The Balaban J connectivity index is -0.000000184. The van der Waals surface area contributed by atoms with Crippen molar-refractivity contribution in [3.05, 3.63) is 12.2 Å². The van der Waals surface area contributed by atoms with Gasteiger partial charge < -0.3 is 45.0 Å². The Kier molecular flexibility index (Phi) is 45.5. The summed E-state index contributed by atoms with van der Waals surface area (Å²) >= 11 is 0. The van der Waals surface area contributed by atoms with E-state index in [1.807, 2.05) is 0 Å². The van der Waals surface area contributed by atoms with Gasteiger partial charge in [0.2, 0.25) is 0 Å². The van der Waals surface area contributed by atoms with Crippen LogP contribution in [0.3, 0.4) is 0 Å². The van der Waals surface area contributed by atoms with E-state index in [2.05, 4.69) is 23.8 Å². The second kappa shape index (κ2) is 37.1. The van der Waals surface area contributed by atoms with Crippen LogP contribution in [-0.2, 0) is 29.2 Å². The number of ether oxygens (including phenoxy) is 1. The molecule has 0 radical (unpaired) electrons. The van der Waals surface area contributed by atoms with E-state index in [0.29, 0.717) is 19.6 Å². The SMILES string of the molecule is CCCCCCC(O)C/C=C\CCCCCCCC(=O)O.O=C([O-])CC(C(=O)[O-])S(=O)(=O)O.OCCOCCO.[Na+].[Na+]. The number of aliphatic hydroxyl groups excluding tert-OH is 3. The van der Waals surface area contributed by atoms with Crippen LogP contribution < -0.4 is 69.3 Å². The molecule has 0 aromatic rings. The molecule has 42 heavy (non-hydrogen) atoms. The van der Waals surface area contributed by atoms with Crippen LogP contribution in [0.1, 0.15) is 96.8 Å². The first-order chi connectivity index (χ1) is 18.8. The predicted molar refractivity (Wildman–Crippen MR) is 143 cm³/mol. The minimum absolute atomic E-state index is 0. The fourth-order valence-corrected chi connectivity index (χ4v) is 3.65. The van der Waals surface area contributed by atoms with Gasteiger partial charge in [0.1, 0.15) is 5.25 Å². The second-order valence-electron chi connectivity index (χ2n) is 8.87. The first-order valence-corrected chi connectivity index (χ1v) is 15.0. The zero-order valence-corrected chi connectivity index (χ0v) is 30.3. The molecule has 5 N–H and O–H groups in total. The maximum atomic E-state index is 10.3. The molecular formula is C26H48Na2O13S. The van der Waals surface area contributed by atoms with Crippen molar-refractivity contribution in [3.63, 3.8) is 0 Å². The molecule has 0 saturated carbocycles. The van der Waals surface area contributed by atoms with Gasteiger partial charge in [-0.15, -0.1) is 0 Å². The first-order valence-electron chi connectivity index (χ1n) is 13.5. The van der Waals surface area contributed by atoms with Crippen LogP contribution >= 0.6 is 0 Å². The summed E-state index contributed by atoms with van der Waals surface area (Å²) in [6.45, 7) is 2.90. The molecule has 0 spiro atoms. The standard InChI is InChI=1S/C18H34O3.C4H6O7S.C4H10O3.2Na/c1-2-3-4-11-14-17(19)15-12-9-7-5-6-8-10-13-16-18(20)21;5-3(6)1-2(4(7)8)12(9,10)11;5-1-3-7-4-2-6;;/h9,12,17,19H,2-8,10-11,13-16H2,1H3,(H,20,21);2H,1H2,(H,5,6)(H,7,8)(H,9,10,11);5-6H,1-4H2;;/q;;;2*+1/p-2/b12-9-;;;;. The third-order valence-corrected chi connectivity index (χ3v) is 6.25. The van der Waals surface area contributed by atoms with E-state index in [1.165, 1.54) is 25.7 Å². The van der Waals surface area contributed by atoms with Gasteiger partial charge in [-0.25, -0.2) is 0 Å². The Morgan fingerprint density at radius 1 is 0.857 bits per heavy atom. The molecule has 2 unspecified atom stereocenters. The van der Waals surface area contributed by atoms with Crippen LogP contribution in [0.25, 0.3) is 0 Å². The zero-order valence-electron chi connectivity index (χ0n) is 25.4. The summed E-state index contributed by atoms with van der Waals surface area (Å²) in [7, 11) is -4.94. The van der Waals surface area contributed by atoms with E-state index in [9.17, 15) is 38.1 Å². The molecule has 0 rings (SSSR count). The van der Waals surface area contributed by atoms with E-state index in [4.69, 9.17) is 19.9 Å². The molecule has 2 atom stereocenters. The van der Waals surface area contributed by atoms with Crippen LogP contribution in [0.5, 0.6) is 0 Å². The van der Waals surface area contributed by atoms with E-state index < -0.39 is 39.7 Å².